The van der Waals surface area contributed by atoms with E-state index in [1.54, 1.807) is 18.0 Å². The van der Waals surface area contributed by atoms with Gasteiger partial charge in [0.25, 0.3) is 0 Å². The molecule has 1 atom stereocenters. The van der Waals surface area contributed by atoms with Gasteiger partial charge in [-0.25, -0.2) is 5.43 Å². The van der Waals surface area contributed by atoms with E-state index < -0.39 is 5.60 Å². The summed E-state index contributed by atoms with van der Waals surface area (Å²) in [4.78, 5) is 0. The highest BCUT2D eigenvalue weighted by Gasteiger charge is 2.44. The zero-order chi connectivity index (χ0) is 14.6. The number of aryl methyl sites for hydroxylation is 1. The van der Waals surface area contributed by atoms with Crippen LogP contribution in [0.3, 0.4) is 0 Å². The fourth-order valence-electron chi connectivity index (χ4n) is 2.91. The predicted octanol–water partition coefficient (Wildman–Crippen LogP) is 0.519. The molecule has 0 aromatic carbocycles. The summed E-state index contributed by atoms with van der Waals surface area (Å²) in [5.74, 6) is 6.54. The number of hydrazine groups is 1. The highest BCUT2D eigenvalue weighted by atomic mass is 16.5. The van der Waals surface area contributed by atoms with Crippen molar-refractivity contribution in [3.05, 3.63) is 11.9 Å². The molecule has 0 spiro atoms. The number of methoxy groups -OCH3 is 1. The number of aromatic nitrogens is 2. The van der Waals surface area contributed by atoms with Crippen LogP contribution in [0.15, 0.2) is 6.20 Å². The number of hydrogen-bond acceptors (Lipinski definition) is 6. The van der Waals surface area contributed by atoms with Crippen molar-refractivity contribution in [2.75, 3.05) is 26.9 Å². The largest absolute Gasteiger partial charge is 0.493 e. The van der Waals surface area contributed by atoms with Gasteiger partial charge in [-0.3, -0.25) is 10.5 Å². The molecule has 2 rings (SSSR count). The fourth-order valence-corrected chi connectivity index (χ4v) is 2.91. The molecule has 0 radical (unpaired) electrons. The molecule has 7 heteroatoms. The third kappa shape index (κ3) is 2.67. The average molecular weight is 284 g/mol. The molecule has 0 saturated carbocycles. The molecule has 1 unspecified atom stereocenters. The van der Waals surface area contributed by atoms with Crippen LogP contribution in [-0.2, 0) is 16.5 Å². The van der Waals surface area contributed by atoms with Gasteiger partial charge >= 0.3 is 0 Å². The van der Waals surface area contributed by atoms with Crippen LogP contribution in [0.2, 0.25) is 0 Å². The monoisotopic (exact) mass is 284 g/mol. The molecule has 0 bridgehead atoms. The van der Waals surface area contributed by atoms with Gasteiger partial charge in [0.05, 0.1) is 24.9 Å². The number of hydrogen-bond donors (Lipinski definition) is 2. The van der Waals surface area contributed by atoms with E-state index in [0.717, 1.165) is 18.5 Å². The molecule has 1 aromatic heterocycles. The number of ether oxygens (including phenoxy) is 3. The minimum Gasteiger partial charge on any atom is -0.493 e. The summed E-state index contributed by atoms with van der Waals surface area (Å²) >= 11 is 0. The Kier molecular flexibility index (Phi) is 4.98. The Labute approximate surface area is 119 Å². The lowest BCUT2D eigenvalue weighted by molar-refractivity contribution is -0.129. The number of nitrogens with zero attached hydrogens (tertiary/aromatic N) is 2. The minimum absolute atomic E-state index is 0.200. The van der Waals surface area contributed by atoms with E-state index in [0.29, 0.717) is 25.6 Å². The molecule has 2 heterocycles. The van der Waals surface area contributed by atoms with Crippen LogP contribution in [-0.4, -0.2) is 42.3 Å². The predicted molar refractivity (Wildman–Crippen MR) is 74.2 cm³/mol. The molecular weight excluding hydrogens is 260 g/mol. The van der Waals surface area contributed by atoms with Crippen molar-refractivity contribution in [3.8, 4) is 5.75 Å². The second kappa shape index (κ2) is 6.53. The van der Waals surface area contributed by atoms with Gasteiger partial charge in [0.15, 0.2) is 5.75 Å². The second-order valence-corrected chi connectivity index (χ2v) is 4.93. The number of nitrogens with two attached hydrogens (primary N) is 1. The van der Waals surface area contributed by atoms with Gasteiger partial charge in [-0.2, -0.15) is 5.10 Å². The molecule has 1 aliphatic heterocycles. The van der Waals surface area contributed by atoms with E-state index in [4.69, 9.17) is 20.1 Å². The molecule has 1 fully saturated rings. The SMILES string of the molecule is CCOC1(C(NN)c2c(OC)cnn2C)CCOCC1. The topological polar surface area (TPSA) is 83.6 Å². The van der Waals surface area contributed by atoms with Crippen molar-refractivity contribution in [1.82, 2.24) is 15.2 Å². The maximum atomic E-state index is 6.08. The Balaban J connectivity index is 2.39. The van der Waals surface area contributed by atoms with Gasteiger partial charge in [0.1, 0.15) is 5.69 Å². The third-order valence-corrected chi connectivity index (χ3v) is 3.91. The molecule has 1 aromatic rings. The zero-order valence-corrected chi connectivity index (χ0v) is 12.4. The lowest BCUT2D eigenvalue weighted by atomic mass is 9.84. The van der Waals surface area contributed by atoms with Crippen molar-refractivity contribution < 1.29 is 14.2 Å². The van der Waals surface area contributed by atoms with Gasteiger partial charge in [-0.05, 0) is 6.92 Å². The summed E-state index contributed by atoms with van der Waals surface area (Å²) in [6, 6.07) is -0.200. The third-order valence-electron chi connectivity index (χ3n) is 3.91. The van der Waals surface area contributed by atoms with E-state index in [2.05, 4.69) is 10.5 Å². The first kappa shape index (κ1) is 15.2. The lowest BCUT2D eigenvalue weighted by Gasteiger charge is -2.42. The minimum atomic E-state index is -0.400. The van der Waals surface area contributed by atoms with Crippen molar-refractivity contribution in [2.45, 2.75) is 31.4 Å². The summed E-state index contributed by atoms with van der Waals surface area (Å²) < 4.78 is 18.7. The van der Waals surface area contributed by atoms with E-state index in [1.165, 1.54) is 0 Å². The highest BCUT2D eigenvalue weighted by Crippen LogP contribution is 2.40. The first-order valence-electron chi connectivity index (χ1n) is 6.92. The Hall–Kier alpha value is -1.15. The van der Waals surface area contributed by atoms with Crippen LogP contribution in [0, 0.1) is 0 Å². The Morgan fingerprint density at radius 1 is 1.55 bits per heavy atom. The van der Waals surface area contributed by atoms with Crippen LogP contribution >= 0.6 is 0 Å². The van der Waals surface area contributed by atoms with Crippen LogP contribution in [0.1, 0.15) is 31.5 Å². The standard InChI is InChI=1S/C13H24N4O3/c1-4-20-13(5-7-19-8-6-13)12(16-14)11-10(18-3)9-15-17(11)2/h9,12,16H,4-8,14H2,1-3H3. The van der Waals surface area contributed by atoms with Gasteiger partial charge in [-0.15, -0.1) is 0 Å². The van der Waals surface area contributed by atoms with E-state index in [1.807, 2.05) is 14.0 Å². The zero-order valence-electron chi connectivity index (χ0n) is 12.4. The molecule has 1 aliphatic rings. The quantitative estimate of drug-likeness (QED) is 0.585. The smallest absolute Gasteiger partial charge is 0.161 e. The maximum Gasteiger partial charge on any atom is 0.161 e. The first-order valence-corrected chi connectivity index (χ1v) is 6.92. The fraction of sp³-hybridized carbons (Fsp3) is 0.769. The van der Waals surface area contributed by atoms with Crippen LogP contribution in [0.4, 0.5) is 0 Å². The van der Waals surface area contributed by atoms with Crippen molar-refractivity contribution in [1.29, 1.82) is 0 Å². The normalized spacial score (nSPS) is 19.8. The van der Waals surface area contributed by atoms with E-state index in [-0.39, 0.29) is 6.04 Å². The van der Waals surface area contributed by atoms with Crippen molar-refractivity contribution >= 4 is 0 Å². The van der Waals surface area contributed by atoms with Crippen LogP contribution < -0.4 is 16.0 Å². The summed E-state index contributed by atoms with van der Waals surface area (Å²) in [5.41, 5.74) is 3.39. The van der Waals surface area contributed by atoms with Gasteiger partial charge in [0.2, 0.25) is 0 Å². The molecule has 0 amide bonds. The Bertz CT molecular complexity index is 424. The lowest BCUT2D eigenvalue weighted by Crippen LogP contribution is -2.52. The first-order chi connectivity index (χ1) is 9.68. The van der Waals surface area contributed by atoms with Gasteiger partial charge in [0, 0.05) is 39.7 Å². The molecular formula is C13H24N4O3. The highest BCUT2D eigenvalue weighted by molar-refractivity contribution is 5.30. The van der Waals surface area contributed by atoms with Crippen molar-refractivity contribution in [2.24, 2.45) is 12.9 Å². The van der Waals surface area contributed by atoms with Gasteiger partial charge in [-0.1, -0.05) is 0 Å². The van der Waals surface area contributed by atoms with E-state index in [9.17, 15) is 0 Å². The molecule has 20 heavy (non-hydrogen) atoms. The van der Waals surface area contributed by atoms with Crippen molar-refractivity contribution in [3.63, 3.8) is 0 Å². The molecule has 114 valence electrons. The molecule has 1 saturated heterocycles. The Morgan fingerprint density at radius 3 is 2.80 bits per heavy atom. The molecule has 7 nitrogen and oxygen atoms in total. The summed E-state index contributed by atoms with van der Waals surface area (Å²) in [6.45, 7) is 3.94. The van der Waals surface area contributed by atoms with Crippen LogP contribution in [0.5, 0.6) is 5.75 Å². The summed E-state index contributed by atoms with van der Waals surface area (Å²) in [6.07, 6.45) is 3.26. The van der Waals surface area contributed by atoms with E-state index >= 15 is 0 Å². The molecule has 3 N–H and O–H groups in total. The summed E-state index contributed by atoms with van der Waals surface area (Å²) in [5, 5.41) is 4.25. The maximum absolute atomic E-state index is 6.08. The number of nitrogens with one attached hydrogen (secondary N) is 1. The average Bonchev–Trinajstić information content (AvgIpc) is 2.82. The van der Waals surface area contributed by atoms with Gasteiger partial charge < -0.3 is 14.2 Å². The number of rotatable bonds is 6. The second-order valence-electron chi connectivity index (χ2n) is 4.93. The van der Waals surface area contributed by atoms with Crippen LogP contribution in [0.25, 0.3) is 0 Å². The summed E-state index contributed by atoms with van der Waals surface area (Å²) in [7, 11) is 3.51. The molecule has 0 aliphatic carbocycles. The Morgan fingerprint density at radius 2 is 2.25 bits per heavy atom.